The number of nitrogens with one attached hydrogen (secondary N) is 2. The van der Waals surface area contributed by atoms with E-state index >= 15 is 0 Å². The molecule has 0 bridgehead atoms. The molecule has 17 heavy (non-hydrogen) atoms. The second-order valence-electron chi connectivity index (χ2n) is 3.68. The molecule has 0 spiro atoms. The van der Waals surface area contributed by atoms with Crippen LogP contribution in [0, 0.1) is 0 Å². The van der Waals surface area contributed by atoms with Crippen molar-refractivity contribution in [1.29, 1.82) is 0 Å². The average Bonchev–Trinajstić information content (AvgIpc) is 2.38. The molecular weight excluding hydrogens is 212 g/mol. The fraction of sp³-hybridized carbons (Fsp3) is 0.231. The zero-order valence-electron chi connectivity index (χ0n) is 9.85. The van der Waals surface area contributed by atoms with E-state index in [1.807, 2.05) is 36.4 Å². The van der Waals surface area contributed by atoms with E-state index in [9.17, 15) is 0 Å². The normalized spacial score (nSPS) is 9.94. The Kier molecular flexibility index (Phi) is 3.91. The van der Waals surface area contributed by atoms with Crippen molar-refractivity contribution in [3.8, 4) is 0 Å². The smallest absolute Gasteiger partial charge is 0.229 e. The third-order valence-corrected chi connectivity index (χ3v) is 2.24. The molecule has 1 heterocycles. The maximum Gasteiger partial charge on any atom is 0.229 e. The van der Waals surface area contributed by atoms with Gasteiger partial charge in [0.1, 0.15) is 5.82 Å². The summed E-state index contributed by atoms with van der Waals surface area (Å²) in [6, 6.07) is 11.8. The monoisotopic (exact) mass is 228 g/mol. The van der Waals surface area contributed by atoms with Gasteiger partial charge < -0.3 is 10.6 Å². The Hall–Kier alpha value is -2.10. The average molecular weight is 228 g/mol. The van der Waals surface area contributed by atoms with Crippen molar-refractivity contribution in [1.82, 2.24) is 9.97 Å². The SMILES string of the molecule is CCCNc1ccnc(Nc2ccccc2)n1. The van der Waals surface area contributed by atoms with Gasteiger partial charge in [-0.25, -0.2) is 4.98 Å². The minimum Gasteiger partial charge on any atom is -0.370 e. The summed E-state index contributed by atoms with van der Waals surface area (Å²) in [4.78, 5) is 8.55. The third kappa shape index (κ3) is 3.45. The van der Waals surface area contributed by atoms with E-state index in [4.69, 9.17) is 0 Å². The van der Waals surface area contributed by atoms with Crippen LogP contribution in [0.15, 0.2) is 42.6 Å². The van der Waals surface area contributed by atoms with E-state index in [-0.39, 0.29) is 0 Å². The number of hydrogen-bond donors (Lipinski definition) is 2. The zero-order valence-corrected chi connectivity index (χ0v) is 9.85. The molecule has 0 aliphatic carbocycles. The predicted molar refractivity (Wildman–Crippen MR) is 70.5 cm³/mol. The van der Waals surface area contributed by atoms with Crippen LogP contribution in [0.1, 0.15) is 13.3 Å². The van der Waals surface area contributed by atoms with Gasteiger partial charge in [0, 0.05) is 18.4 Å². The summed E-state index contributed by atoms with van der Waals surface area (Å²) >= 11 is 0. The lowest BCUT2D eigenvalue weighted by Gasteiger charge is -2.07. The molecule has 1 aromatic carbocycles. The van der Waals surface area contributed by atoms with Crippen molar-refractivity contribution >= 4 is 17.5 Å². The first kappa shape index (κ1) is 11.4. The first-order valence-corrected chi connectivity index (χ1v) is 5.77. The Bertz CT molecular complexity index is 456. The Balaban J connectivity index is 2.06. The Morgan fingerprint density at radius 1 is 1.12 bits per heavy atom. The van der Waals surface area contributed by atoms with Gasteiger partial charge in [-0.05, 0) is 24.6 Å². The molecule has 0 radical (unpaired) electrons. The van der Waals surface area contributed by atoms with Gasteiger partial charge in [0.25, 0.3) is 0 Å². The molecule has 0 aliphatic heterocycles. The van der Waals surface area contributed by atoms with E-state index in [1.165, 1.54) is 0 Å². The molecule has 0 saturated heterocycles. The summed E-state index contributed by atoms with van der Waals surface area (Å²) in [5.74, 6) is 1.46. The van der Waals surface area contributed by atoms with Crippen LogP contribution in [0.4, 0.5) is 17.5 Å². The Morgan fingerprint density at radius 3 is 2.71 bits per heavy atom. The summed E-state index contributed by atoms with van der Waals surface area (Å²) in [6.07, 6.45) is 2.82. The largest absolute Gasteiger partial charge is 0.370 e. The number of aromatic nitrogens is 2. The molecule has 4 nitrogen and oxygen atoms in total. The summed E-state index contributed by atoms with van der Waals surface area (Å²) in [5.41, 5.74) is 0.986. The molecule has 0 atom stereocenters. The van der Waals surface area contributed by atoms with Gasteiger partial charge in [-0.3, -0.25) is 0 Å². The first-order chi connectivity index (χ1) is 8.38. The topological polar surface area (TPSA) is 49.8 Å². The molecule has 0 amide bonds. The molecular formula is C13H16N4. The van der Waals surface area contributed by atoms with E-state index in [1.54, 1.807) is 6.20 Å². The number of anilines is 3. The van der Waals surface area contributed by atoms with Crippen LogP contribution in [0.25, 0.3) is 0 Å². The number of hydrogen-bond acceptors (Lipinski definition) is 4. The van der Waals surface area contributed by atoms with Gasteiger partial charge in [0.15, 0.2) is 0 Å². The summed E-state index contributed by atoms with van der Waals surface area (Å²) in [5, 5.41) is 6.39. The van der Waals surface area contributed by atoms with Gasteiger partial charge in [-0.2, -0.15) is 4.98 Å². The highest BCUT2D eigenvalue weighted by Gasteiger charge is 1.98. The fourth-order valence-electron chi connectivity index (χ4n) is 1.42. The summed E-state index contributed by atoms with van der Waals surface area (Å²) in [6.45, 7) is 3.04. The molecule has 2 N–H and O–H groups in total. The second kappa shape index (κ2) is 5.84. The molecule has 0 saturated carbocycles. The van der Waals surface area contributed by atoms with Crippen LogP contribution >= 0.6 is 0 Å². The maximum atomic E-state index is 4.37. The van der Waals surface area contributed by atoms with Crippen LogP contribution in [0.2, 0.25) is 0 Å². The highest BCUT2D eigenvalue weighted by molar-refractivity contribution is 5.54. The first-order valence-electron chi connectivity index (χ1n) is 5.77. The lowest BCUT2D eigenvalue weighted by molar-refractivity contribution is 0.966. The van der Waals surface area contributed by atoms with Gasteiger partial charge in [0.2, 0.25) is 5.95 Å². The van der Waals surface area contributed by atoms with E-state index < -0.39 is 0 Å². The molecule has 1 aromatic heterocycles. The second-order valence-corrected chi connectivity index (χ2v) is 3.68. The number of para-hydroxylation sites is 1. The van der Waals surface area contributed by atoms with Crippen molar-refractivity contribution in [2.75, 3.05) is 17.2 Å². The predicted octanol–water partition coefficient (Wildman–Crippen LogP) is 3.04. The van der Waals surface area contributed by atoms with Crippen molar-refractivity contribution < 1.29 is 0 Å². The lowest BCUT2D eigenvalue weighted by Crippen LogP contribution is -2.04. The standard InChI is InChI=1S/C13H16N4/c1-2-9-14-12-8-10-15-13(17-12)16-11-6-4-3-5-7-11/h3-8,10H,2,9H2,1H3,(H2,14,15,16,17). The van der Waals surface area contributed by atoms with Crippen LogP contribution in [-0.4, -0.2) is 16.5 Å². The molecule has 88 valence electrons. The molecule has 2 aromatic rings. The summed E-state index contributed by atoms with van der Waals surface area (Å²) < 4.78 is 0. The molecule has 0 fully saturated rings. The van der Waals surface area contributed by atoms with E-state index in [0.717, 1.165) is 24.5 Å². The van der Waals surface area contributed by atoms with Crippen LogP contribution in [0.5, 0.6) is 0 Å². The van der Waals surface area contributed by atoms with Gasteiger partial charge >= 0.3 is 0 Å². The molecule has 4 heteroatoms. The van der Waals surface area contributed by atoms with Crippen molar-refractivity contribution in [2.45, 2.75) is 13.3 Å². The minimum atomic E-state index is 0.609. The van der Waals surface area contributed by atoms with Crippen LogP contribution in [0.3, 0.4) is 0 Å². The molecule has 2 rings (SSSR count). The van der Waals surface area contributed by atoms with Crippen LogP contribution in [-0.2, 0) is 0 Å². The van der Waals surface area contributed by atoms with Gasteiger partial charge in [0.05, 0.1) is 0 Å². The fourth-order valence-corrected chi connectivity index (χ4v) is 1.42. The van der Waals surface area contributed by atoms with Crippen LogP contribution < -0.4 is 10.6 Å². The minimum absolute atomic E-state index is 0.609. The highest BCUT2D eigenvalue weighted by Crippen LogP contribution is 2.13. The van der Waals surface area contributed by atoms with Gasteiger partial charge in [-0.1, -0.05) is 25.1 Å². The zero-order chi connectivity index (χ0) is 11.9. The van der Waals surface area contributed by atoms with Crippen molar-refractivity contribution in [3.63, 3.8) is 0 Å². The maximum absolute atomic E-state index is 4.37. The van der Waals surface area contributed by atoms with Crippen molar-refractivity contribution in [2.24, 2.45) is 0 Å². The lowest BCUT2D eigenvalue weighted by atomic mass is 10.3. The molecule has 0 aliphatic rings. The Labute approximate surface area is 101 Å². The van der Waals surface area contributed by atoms with Crippen molar-refractivity contribution in [3.05, 3.63) is 42.6 Å². The number of rotatable bonds is 5. The van der Waals surface area contributed by atoms with Gasteiger partial charge in [-0.15, -0.1) is 0 Å². The number of nitrogens with zero attached hydrogens (tertiary/aromatic N) is 2. The third-order valence-electron chi connectivity index (χ3n) is 2.24. The van der Waals surface area contributed by atoms with E-state index in [0.29, 0.717) is 5.95 Å². The molecule has 0 unspecified atom stereocenters. The number of benzene rings is 1. The van der Waals surface area contributed by atoms with E-state index in [2.05, 4.69) is 27.5 Å². The summed E-state index contributed by atoms with van der Waals surface area (Å²) in [7, 11) is 0. The Morgan fingerprint density at radius 2 is 1.94 bits per heavy atom. The quantitative estimate of drug-likeness (QED) is 0.825. The highest BCUT2D eigenvalue weighted by atomic mass is 15.1.